The quantitative estimate of drug-likeness (QED) is 0.477. The van der Waals surface area contributed by atoms with Crippen LogP contribution in [0.3, 0.4) is 0 Å². The molecule has 3 fully saturated rings. The van der Waals surface area contributed by atoms with Crippen LogP contribution in [0, 0.1) is 29.1 Å². The van der Waals surface area contributed by atoms with E-state index in [1.165, 1.54) is 24.8 Å². The van der Waals surface area contributed by atoms with Gasteiger partial charge in [0.05, 0.1) is 5.57 Å². The fourth-order valence-electron chi connectivity index (χ4n) is 5.35. The second kappa shape index (κ2) is 6.08. The Bertz CT molecular complexity index is 535. The molecular formula is C20H30O3. The number of rotatable bonds is 2. The molecule has 23 heavy (non-hydrogen) atoms. The number of allylic oxidation sites excluding steroid dienone is 2. The van der Waals surface area contributed by atoms with Crippen LogP contribution in [-0.2, 0) is 9.53 Å². The molecule has 3 aliphatic rings. The first kappa shape index (κ1) is 16.8. The summed E-state index contributed by atoms with van der Waals surface area (Å²) in [4.78, 5) is 11.7. The Kier molecular flexibility index (Phi) is 4.43. The Morgan fingerprint density at radius 2 is 2.13 bits per heavy atom. The van der Waals surface area contributed by atoms with Crippen LogP contribution in [0.1, 0.15) is 52.9 Å². The maximum absolute atomic E-state index is 11.7. The van der Waals surface area contributed by atoms with Gasteiger partial charge in [-0.15, -0.1) is 0 Å². The van der Waals surface area contributed by atoms with E-state index < -0.39 is 6.10 Å². The highest BCUT2D eigenvalue weighted by atomic mass is 16.6. The van der Waals surface area contributed by atoms with Crippen molar-refractivity contribution in [3.05, 3.63) is 23.8 Å². The van der Waals surface area contributed by atoms with Crippen LogP contribution >= 0.6 is 0 Å². The fraction of sp³-hybridized carbons (Fsp3) is 0.750. The minimum absolute atomic E-state index is 0.102. The summed E-state index contributed by atoms with van der Waals surface area (Å²) in [5, 5.41) is 9.89. The Balaban J connectivity index is 1.83. The van der Waals surface area contributed by atoms with Gasteiger partial charge >= 0.3 is 5.97 Å². The van der Waals surface area contributed by atoms with Crippen molar-refractivity contribution in [2.75, 3.05) is 6.61 Å². The van der Waals surface area contributed by atoms with E-state index in [-0.39, 0.29) is 18.0 Å². The summed E-state index contributed by atoms with van der Waals surface area (Å²) in [7, 11) is 0. The molecule has 0 aromatic carbocycles. The van der Waals surface area contributed by atoms with Crippen LogP contribution in [-0.4, -0.2) is 23.8 Å². The molecule has 1 aliphatic heterocycles. The third-order valence-electron chi connectivity index (χ3n) is 7.12. The number of carbonyl (C=O) groups is 1. The van der Waals surface area contributed by atoms with Gasteiger partial charge in [-0.05, 0) is 61.2 Å². The molecule has 3 nitrogen and oxygen atoms in total. The molecule has 128 valence electrons. The molecule has 1 saturated heterocycles. The van der Waals surface area contributed by atoms with Gasteiger partial charge in [-0.1, -0.05) is 39.0 Å². The van der Waals surface area contributed by atoms with Crippen LogP contribution in [0.2, 0.25) is 0 Å². The molecular weight excluding hydrogens is 288 g/mol. The molecule has 2 aliphatic carbocycles. The number of esters is 1. The highest BCUT2D eigenvalue weighted by Gasteiger charge is 2.50. The van der Waals surface area contributed by atoms with Crippen molar-refractivity contribution in [2.45, 2.75) is 59.0 Å². The van der Waals surface area contributed by atoms with Crippen molar-refractivity contribution in [1.29, 1.82) is 0 Å². The molecule has 3 rings (SSSR count). The maximum atomic E-state index is 11.7. The number of fused-ring (bicyclic) bond motifs is 1. The third-order valence-corrected chi connectivity index (χ3v) is 7.12. The summed E-state index contributed by atoms with van der Waals surface area (Å²) in [6, 6.07) is 0. The highest BCUT2D eigenvalue weighted by Crippen LogP contribution is 2.58. The van der Waals surface area contributed by atoms with Crippen molar-refractivity contribution in [3.63, 3.8) is 0 Å². The molecule has 1 N–H and O–H groups in total. The summed E-state index contributed by atoms with van der Waals surface area (Å²) >= 11 is 0. The largest absolute Gasteiger partial charge is 0.459 e. The molecule has 0 aromatic heterocycles. The van der Waals surface area contributed by atoms with Crippen molar-refractivity contribution >= 4 is 5.97 Å². The minimum atomic E-state index is -0.756. The van der Waals surface area contributed by atoms with Crippen molar-refractivity contribution in [2.24, 2.45) is 29.1 Å². The predicted molar refractivity (Wildman–Crippen MR) is 90.7 cm³/mol. The first-order valence-electron chi connectivity index (χ1n) is 9.07. The van der Waals surface area contributed by atoms with E-state index in [4.69, 9.17) is 4.74 Å². The van der Waals surface area contributed by atoms with E-state index in [9.17, 15) is 9.90 Å². The molecule has 0 radical (unpaired) electrons. The van der Waals surface area contributed by atoms with Crippen LogP contribution < -0.4 is 0 Å². The van der Waals surface area contributed by atoms with Gasteiger partial charge in [-0.2, -0.15) is 0 Å². The Morgan fingerprint density at radius 3 is 2.78 bits per heavy atom. The van der Waals surface area contributed by atoms with Gasteiger partial charge in [0, 0.05) is 0 Å². The lowest BCUT2D eigenvalue weighted by Crippen LogP contribution is -2.47. The molecule has 3 heteroatoms. The van der Waals surface area contributed by atoms with E-state index in [0.29, 0.717) is 11.5 Å². The van der Waals surface area contributed by atoms with Gasteiger partial charge in [-0.25, -0.2) is 4.79 Å². The Morgan fingerprint density at radius 1 is 1.39 bits per heavy atom. The zero-order valence-corrected chi connectivity index (χ0v) is 14.7. The highest BCUT2D eigenvalue weighted by molar-refractivity contribution is 5.91. The maximum Gasteiger partial charge on any atom is 0.336 e. The van der Waals surface area contributed by atoms with Gasteiger partial charge in [-0.3, -0.25) is 0 Å². The SMILES string of the molecule is C=C1CC[C@@H]2[C@@H](C)[C@H](C)CC[C@@]2(C)C1C/C=C1/C(=O)OC[C@H]1O. The van der Waals surface area contributed by atoms with Gasteiger partial charge in [0.25, 0.3) is 0 Å². The molecule has 1 heterocycles. The van der Waals surface area contributed by atoms with Gasteiger partial charge in [0.2, 0.25) is 0 Å². The molecule has 0 aromatic rings. The summed E-state index contributed by atoms with van der Waals surface area (Å²) in [6.45, 7) is 11.7. The molecule has 1 unspecified atom stereocenters. The van der Waals surface area contributed by atoms with E-state index in [0.717, 1.165) is 30.6 Å². The summed E-state index contributed by atoms with van der Waals surface area (Å²) in [5.74, 6) is 2.33. The standard InChI is InChI=1S/C20H30O3/c1-12-9-10-20(4)16(13(2)5-7-17(20)14(12)3)8-6-15-18(21)11-23-19(15)22/h6,12,14,16-18,21H,2,5,7-11H2,1,3-4H3/b15-6+/t12-,14+,16?,17-,18-,20+/m1/s1. The monoisotopic (exact) mass is 318 g/mol. The van der Waals surface area contributed by atoms with Crippen LogP contribution in [0.4, 0.5) is 0 Å². The van der Waals surface area contributed by atoms with E-state index >= 15 is 0 Å². The summed E-state index contributed by atoms with van der Waals surface area (Å²) < 4.78 is 4.93. The smallest absolute Gasteiger partial charge is 0.336 e. The minimum Gasteiger partial charge on any atom is -0.459 e. The average molecular weight is 318 g/mol. The second-order valence-electron chi connectivity index (χ2n) is 8.25. The molecule has 0 spiro atoms. The van der Waals surface area contributed by atoms with E-state index in [1.54, 1.807) is 0 Å². The number of cyclic esters (lactones) is 1. The zero-order chi connectivity index (χ0) is 16.8. The van der Waals surface area contributed by atoms with Gasteiger partial charge < -0.3 is 9.84 Å². The molecule has 6 atom stereocenters. The number of aliphatic hydroxyl groups is 1. The van der Waals surface area contributed by atoms with Crippen molar-refractivity contribution < 1.29 is 14.6 Å². The average Bonchev–Trinajstić information content (AvgIpc) is 2.82. The van der Waals surface area contributed by atoms with E-state index in [2.05, 4.69) is 27.4 Å². The first-order chi connectivity index (χ1) is 10.8. The van der Waals surface area contributed by atoms with Crippen LogP contribution in [0.25, 0.3) is 0 Å². The van der Waals surface area contributed by atoms with Crippen molar-refractivity contribution in [3.8, 4) is 0 Å². The van der Waals surface area contributed by atoms with Crippen molar-refractivity contribution in [1.82, 2.24) is 0 Å². The number of hydrogen-bond donors (Lipinski definition) is 1. The van der Waals surface area contributed by atoms with E-state index in [1.807, 2.05) is 6.08 Å². The third kappa shape index (κ3) is 2.77. The van der Waals surface area contributed by atoms with Gasteiger partial charge in [0.15, 0.2) is 0 Å². The lowest BCUT2D eigenvalue weighted by atomic mass is 9.49. The number of ether oxygens (including phenoxy) is 1. The summed E-state index contributed by atoms with van der Waals surface area (Å²) in [6.07, 6.45) is 6.83. The number of aliphatic hydroxyl groups excluding tert-OH is 1. The molecule has 0 bridgehead atoms. The summed E-state index contributed by atoms with van der Waals surface area (Å²) in [5.41, 5.74) is 2.04. The normalized spacial score (nSPS) is 45.9. The molecule has 0 amide bonds. The first-order valence-corrected chi connectivity index (χ1v) is 9.07. The lowest BCUT2D eigenvalue weighted by molar-refractivity contribution is -0.135. The Hall–Kier alpha value is -1.09. The lowest BCUT2D eigenvalue weighted by Gasteiger charge is -2.55. The predicted octanol–water partition coefficient (Wildman–Crippen LogP) is 3.88. The number of carbonyl (C=O) groups excluding carboxylic acids is 1. The molecule has 2 saturated carbocycles. The fourth-order valence-corrected chi connectivity index (χ4v) is 5.35. The zero-order valence-electron chi connectivity index (χ0n) is 14.7. The van der Waals surface area contributed by atoms with Gasteiger partial charge in [0.1, 0.15) is 12.7 Å². The second-order valence-corrected chi connectivity index (χ2v) is 8.25. The van der Waals surface area contributed by atoms with Crippen LogP contribution in [0.15, 0.2) is 23.8 Å². The number of hydrogen-bond acceptors (Lipinski definition) is 3. The topological polar surface area (TPSA) is 46.5 Å². The Labute approximate surface area is 139 Å². The van der Waals surface area contributed by atoms with Crippen LogP contribution in [0.5, 0.6) is 0 Å².